The van der Waals surface area contributed by atoms with Gasteiger partial charge in [-0.25, -0.2) is 8.42 Å². The average molecular weight is 330 g/mol. The van der Waals surface area contributed by atoms with Crippen molar-refractivity contribution < 1.29 is 18.3 Å². The molecule has 22 heavy (non-hydrogen) atoms. The van der Waals surface area contributed by atoms with Crippen LogP contribution in [0.1, 0.15) is 26.7 Å². The standard InChI is InChI=1S/C15H26N2O4S/c1-3-12(2)5-4-6-16-7-8-17(9-15(18)19)14-11-22(20,21)10-13(14)16/h5,13-14H,3-4,6-11H2,1-2H3,(H,18,19)/t13-,14+/m0/s1. The molecule has 2 heterocycles. The van der Waals surface area contributed by atoms with E-state index < -0.39 is 15.8 Å². The van der Waals surface area contributed by atoms with Gasteiger partial charge in [0.15, 0.2) is 9.84 Å². The van der Waals surface area contributed by atoms with Gasteiger partial charge in [-0.2, -0.15) is 0 Å². The van der Waals surface area contributed by atoms with Crippen LogP contribution in [0.5, 0.6) is 0 Å². The Bertz CT molecular complexity index is 544. The average Bonchev–Trinajstić information content (AvgIpc) is 2.76. The maximum Gasteiger partial charge on any atom is 0.317 e. The number of nitrogens with zero attached hydrogens (tertiary/aromatic N) is 2. The van der Waals surface area contributed by atoms with E-state index in [9.17, 15) is 13.2 Å². The first-order valence-electron chi connectivity index (χ1n) is 7.88. The number of carboxylic acids is 1. The van der Waals surface area contributed by atoms with Crippen molar-refractivity contribution in [2.45, 2.75) is 38.8 Å². The van der Waals surface area contributed by atoms with Crippen LogP contribution in [0, 0.1) is 0 Å². The van der Waals surface area contributed by atoms with Crippen LogP contribution in [0.25, 0.3) is 0 Å². The lowest BCUT2D eigenvalue weighted by atomic mass is 10.0. The van der Waals surface area contributed by atoms with Crippen LogP contribution < -0.4 is 0 Å². The van der Waals surface area contributed by atoms with Crippen LogP contribution in [0.15, 0.2) is 11.6 Å². The normalized spacial score (nSPS) is 29.5. The molecule has 0 saturated carbocycles. The Hall–Kier alpha value is -0.920. The first-order chi connectivity index (χ1) is 10.3. The summed E-state index contributed by atoms with van der Waals surface area (Å²) >= 11 is 0. The van der Waals surface area contributed by atoms with E-state index in [0.717, 1.165) is 25.9 Å². The van der Waals surface area contributed by atoms with E-state index in [1.165, 1.54) is 5.57 Å². The third-order valence-corrected chi connectivity index (χ3v) is 6.41. The number of sulfone groups is 1. The molecule has 2 aliphatic rings. The summed E-state index contributed by atoms with van der Waals surface area (Å²) in [5.41, 5.74) is 1.35. The highest BCUT2D eigenvalue weighted by Crippen LogP contribution is 2.27. The number of hydrogen-bond donors (Lipinski definition) is 1. The van der Waals surface area contributed by atoms with Gasteiger partial charge < -0.3 is 5.11 Å². The minimum Gasteiger partial charge on any atom is -0.480 e. The van der Waals surface area contributed by atoms with Crippen LogP contribution in [0.4, 0.5) is 0 Å². The summed E-state index contributed by atoms with van der Waals surface area (Å²) in [6.45, 7) is 6.36. The van der Waals surface area contributed by atoms with E-state index in [-0.39, 0.29) is 30.1 Å². The third kappa shape index (κ3) is 4.30. The van der Waals surface area contributed by atoms with E-state index >= 15 is 0 Å². The van der Waals surface area contributed by atoms with Gasteiger partial charge in [0, 0.05) is 31.7 Å². The van der Waals surface area contributed by atoms with Crippen molar-refractivity contribution >= 4 is 15.8 Å². The predicted octanol–water partition coefficient (Wildman–Crippen LogP) is 0.601. The molecule has 0 aromatic heterocycles. The molecule has 2 fully saturated rings. The van der Waals surface area contributed by atoms with Crippen molar-refractivity contribution in [2.75, 3.05) is 37.7 Å². The second-order valence-electron chi connectivity index (χ2n) is 6.30. The van der Waals surface area contributed by atoms with Crippen molar-refractivity contribution in [1.29, 1.82) is 0 Å². The number of aliphatic carboxylic acids is 1. The van der Waals surface area contributed by atoms with Gasteiger partial charge in [0.25, 0.3) is 0 Å². The molecule has 0 unspecified atom stereocenters. The molecule has 126 valence electrons. The third-order valence-electron chi connectivity index (χ3n) is 4.71. The maximum absolute atomic E-state index is 12.0. The Balaban J connectivity index is 2.04. The van der Waals surface area contributed by atoms with Crippen molar-refractivity contribution in [3.63, 3.8) is 0 Å². The summed E-state index contributed by atoms with van der Waals surface area (Å²) in [7, 11) is -3.07. The molecule has 2 aliphatic heterocycles. The second kappa shape index (κ2) is 7.10. The van der Waals surface area contributed by atoms with Gasteiger partial charge >= 0.3 is 5.97 Å². The van der Waals surface area contributed by atoms with Crippen LogP contribution in [-0.2, 0) is 14.6 Å². The summed E-state index contributed by atoms with van der Waals surface area (Å²) in [6, 6.07) is -0.237. The van der Waals surface area contributed by atoms with E-state index in [1.807, 2.05) is 4.90 Å². The number of allylic oxidation sites excluding steroid dienone is 1. The number of rotatable bonds is 6. The molecule has 0 aliphatic carbocycles. The minimum atomic E-state index is -3.07. The summed E-state index contributed by atoms with van der Waals surface area (Å²) < 4.78 is 24.0. The molecule has 2 atom stereocenters. The fourth-order valence-corrected chi connectivity index (χ4v) is 5.41. The lowest BCUT2D eigenvalue weighted by Crippen LogP contribution is -2.60. The number of piperazine rings is 1. The number of hydrogen-bond acceptors (Lipinski definition) is 5. The van der Waals surface area contributed by atoms with Gasteiger partial charge in [-0.3, -0.25) is 14.6 Å². The monoisotopic (exact) mass is 330 g/mol. The molecule has 7 heteroatoms. The molecule has 1 N–H and O–H groups in total. The molecule has 0 aromatic rings. The van der Waals surface area contributed by atoms with Gasteiger partial charge in [-0.05, 0) is 19.8 Å². The highest BCUT2D eigenvalue weighted by molar-refractivity contribution is 7.91. The van der Waals surface area contributed by atoms with E-state index in [1.54, 1.807) is 0 Å². The Morgan fingerprint density at radius 3 is 2.41 bits per heavy atom. The molecule has 6 nitrogen and oxygen atoms in total. The number of fused-ring (bicyclic) bond motifs is 1. The zero-order chi connectivity index (χ0) is 16.3. The molecule has 2 saturated heterocycles. The molecular weight excluding hydrogens is 304 g/mol. The Kier molecular flexibility index (Phi) is 5.63. The van der Waals surface area contributed by atoms with E-state index in [4.69, 9.17) is 5.11 Å². The smallest absolute Gasteiger partial charge is 0.317 e. The zero-order valence-electron chi connectivity index (χ0n) is 13.4. The molecule has 0 spiro atoms. The number of carboxylic acid groups (broad SMARTS) is 1. The summed E-state index contributed by atoms with van der Waals surface area (Å²) in [5.74, 6) is -0.645. The first kappa shape index (κ1) is 17.4. The highest BCUT2D eigenvalue weighted by atomic mass is 32.2. The van der Waals surface area contributed by atoms with Crippen molar-refractivity contribution in [3.8, 4) is 0 Å². The first-order valence-corrected chi connectivity index (χ1v) is 9.70. The molecular formula is C15H26N2O4S. The van der Waals surface area contributed by atoms with Crippen LogP contribution in [-0.4, -0.2) is 79.1 Å². The summed E-state index contributed by atoms with van der Waals surface area (Å²) in [5, 5.41) is 9.00. The maximum atomic E-state index is 12.0. The topological polar surface area (TPSA) is 77.9 Å². The quantitative estimate of drug-likeness (QED) is 0.719. The second-order valence-corrected chi connectivity index (χ2v) is 8.46. The molecule has 0 aromatic carbocycles. The highest BCUT2D eigenvalue weighted by Gasteiger charge is 2.46. The predicted molar refractivity (Wildman–Crippen MR) is 85.7 cm³/mol. The van der Waals surface area contributed by atoms with Gasteiger partial charge in [-0.1, -0.05) is 18.6 Å². The largest absolute Gasteiger partial charge is 0.480 e. The molecule has 0 bridgehead atoms. The van der Waals surface area contributed by atoms with E-state index in [0.29, 0.717) is 6.54 Å². The summed E-state index contributed by atoms with van der Waals surface area (Å²) in [6.07, 6.45) is 4.16. The van der Waals surface area contributed by atoms with Crippen molar-refractivity contribution in [2.24, 2.45) is 0 Å². The van der Waals surface area contributed by atoms with Crippen LogP contribution in [0.3, 0.4) is 0 Å². The van der Waals surface area contributed by atoms with Gasteiger partial charge in [-0.15, -0.1) is 0 Å². The molecule has 0 radical (unpaired) electrons. The SMILES string of the molecule is CCC(C)=CCCN1CCN(CC(=O)O)[C@@H]2CS(=O)(=O)C[C@@H]21. The molecule has 0 amide bonds. The lowest BCUT2D eigenvalue weighted by Gasteiger charge is -2.43. The minimum absolute atomic E-state index is 0.0616. The lowest BCUT2D eigenvalue weighted by molar-refractivity contribution is -0.139. The van der Waals surface area contributed by atoms with Crippen molar-refractivity contribution in [3.05, 3.63) is 11.6 Å². The Morgan fingerprint density at radius 1 is 1.23 bits per heavy atom. The fraction of sp³-hybridized carbons (Fsp3) is 0.800. The Labute approximate surface area is 132 Å². The Morgan fingerprint density at radius 2 is 1.82 bits per heavy atom. The number of carbonyl (C=O) groups is 1. The summed E-state index contributed by atoms with van der Waals surface area (Å²) in [4.78, 5) is 15.0. The van der Waals surface area contributed by atoms with Gasteiger partial charge in [0.05, 0.1) is 18.1 Å². The van der Waals surface area contributed by atoms with E-state index in [2.05, 4.69) is 24.8 Å². The molecule has 2 rings (SSSR count). The fourth-order valence-electron chi connectivity index (χ4n) is 3.37. The van der Waals surface area contributed by atoms with Gasteiger partial charge in [0.1, 0.15) is 0 Å². The van der Waals surface area contributed by atoms with Crippen LogP contribution >= 0.6 is 0 Å². The van der Waals surface area contributed by atoms with Crippen molar-refractivity contribution in [1.82, 2.24) is 9.80 Å². The van der Waals surface area contributed by atoms with Gasteiger partial charge in [0.2, 0.25) is 0 Å². The zero-order valence-corrected chi connectivity index (χ0v) is 14.2. The van der Waals surface area contributed by atoms with Crippen LogP contribution in [0.2, 0.25) is 0 Å².